The number of allylic oxidation sites excluding steroid dienone is 1. The highest BCUT2D eigenvalue weighted by Crippen LogP contribution is 2.21. The third-order valence-electron chi connectivity index (χ3n) is 3.66. The molecule has 0 atom stereocenters. The topological polar surface area (TPSA) is 60.2 Å². The van der Waals surface area contributed by atoms with Crippen molar-refractivity contribution in [3.8, 4) is 0 Å². The van der Waals surface area contributed by atoms with Crippen LogP contribution in [0.3, 0.4) is 0 Å². The number of hydrogen-bond acceptors (Lipinski definition) is 4. The number of nitrogens with zero attached hydrogens (tertiary/aromatic N) is 1. The molecular formula is C20H15NO3S. The van der Waals surface area contributed by atoms with E-state index in [0.717, 1.165) is 16.9 Å². The fourth-order valence-electron chi connectivity index (χ4n) is 2.36. The molecule has 0 bridgehead atoms. The van der Waals surface area contributed by atoms with E-state index in [1.54, 1.807) is 18.2 Å². The van der Waals surface area contributed by atoms with Crippen LogP contribution in [0.5, 0.6) is 0 Å². The second-order valence-electron chi connectivity index (χ2n) is 5.47. The molecule has 0 saturated carbocycles. The maximum Gasteiger partial charge on any atom is 0.269 e. The largest absolute Gasteiger partial charge is 0.288 e. The molecule has 0 aliphatic rings. The molecule has 0 N–H and O–H groups in total. The summed E-state index contributed by atoms with van der Waals surface area (Å²) in [6.07, 6.45) is 3.98. The van der Waals surface area contributed by atoms with Gasteiger partial charge in [-0.2, -0.15) is 0 Å². The molecule has 3 aromatic rings. The SMILES string of the molecule is O=C(/C=C/c1ccc([N+](=O)[O-])cc1)c1ccc(Cc2ccccc2)s1. The Labute approximate surface area is 149 Å². The first-order chi connectivity index (χ1) is 12.1. The first-order valence-electron chi connectivity index (χ1n) is 7.71. The van der Waals surface area contributed by atoms with Gasteiger partial charge in [-0.1, -0.05) is 36.4 Å². The van der Waals surface area contributed by atoms with Crippen LogP contribution in [-0.2, 0) is 6.42 Å². The molecule has 0 amide bonds. The molecule has 0 unspecified atom stereocenters. The fraction of sp³-hybridized carbons (Fsp3) is 0.0500. The highest BCUT2D eigenvalue weighted by molar-refractivity contribution is 7.14. The summed E-state index contributed by atoms with van der Waals surface area (Å²) in [7, 11) is 0. The molecule has 0 radical (unpaired) electrons. The molecule has 4 nitrogen and oxygen atoms in total. The Balaban J connectivity index is 1.66. The van der Waals surface area contributed by atoms with Gasteiger partial charge in [0.1, 0.15) is 0 Å². The summed E-state index contributed by atoms with van der Waals surface area (Å²) in [6.45, 7) is 0. The number of carbonyl (C=O) groups excluding carboxylic acids is 1. The van der Waals surface area contributed by atoms with E-state index < -0.39 is 4.92 Å². The molecule has 0 fully saturated rings. The van der Waals surface area contributed by atoms with Gasteiger partial charge in [-0.3, -0.25) is 14.9 Å². The number of nitro groups is 1. The van der Waals surface area contributed by atoms with E-state index in [-0.39, 0.29) is 11.5 Å². The second-order valence-corrected chi connectivity index (χ2v) is 6.64. The third-order valence-corrected chi connectivity index (χ3v) is 4.76. The van der Waals surface area contributed by atoms with Gasteiger partial charge in [0.05, 0.1) is 9.80 Å². The molecule has 124 valence electrons. The quantitative estimate of drug-likeness (QED) is 0.268. The van der Waals surface area contributed by atoms with Gasteiger partial charge < -0.3 is 0 Å². The van der Waals surface area contributed by atoms with Crippen molar-refractivity contribution in [3.05, 3.63) is 104 Å². The van der Waals surface area contributed by atoms with Crippen LogP contribution in [0.4, 0.5) is 5.69 Å². The van der Waals surface area contributed by atoms with Crippen molar-refractivity contribution < 1.29 is 9.72 Å². The molecule has 1 aromatic heterocycles. The van der Waals surface area contributed by atoms with Crippen LogP contribution in [0.1, 0.15) is 25.7 Å². The molecule has 25 heavy (non-hydrogen) atoms. The molecule has 0 aliphatic carbocycles. The van der Waals surface area contributed by atoms with Gasteiger partial charge in [0.15, 0.2) is 5.78 Å². The van der Waals surface area contributed by atoms with Crippen molar-refractivity contribution in [1.82, 2.24) is 0 Å². The summed E-state index contributed by atoms with van der Waals surface area (Å²) in [5.41, 5.74) is 2.00. The van der Waals surface area contributed by atoms with E-state index in [0.29, 0.717) is 4.88 Å². The van der Waals surface area contributed by atoms with Crippen LogP contribution in [0.2, 0.25) is 0 Å². The Morgan fingerprint density at radius 1 is 1.00 bits per heavy atom. The Morgan fingerprint density at radius 2 is 1.72 bits per heavy atom. The number of benzene rings is 2. The first kappa shape index (κ1) is 16.8. The number of hydrogen-bond donors (Lipinski definition) is 0. The summed E-state index contributed by atoms with van der Waals surface area (Å²) in [6, 6.07) is 20.0. The zero-order valence-corrected chi connectivity index (χ0v) is 14.1. The van der Waals surface area contributed by atoms with Crippen LogP contribution >= 0.6 is 11.3 Å². The number of carbonyl (C=O) groups is 1. The minimum Gasteiger partial charge on any atom is -0.288 e. The number of ketones is 1. The number of nitro benzene ring substituents is 1. The lowest BCUT2D eigenvalue weighted by Crippen LogP contribution is -1.89. The zero-order chi connectivity index (χ0) is 17.6. The highest BCUT2D eigenvalue weighted by atomic mass is 32.1. The van der Waals surface area contributed by atoms with Gasteiger partial charge in [-0.05, 0) is 41.5 Å². The van der Waals surface area contributed by atoms with Gasteiger partial charge in [-0.15, -0.1) is 11.3 Å². The molecule has 0 saturated heterocycles. The molecular weight excluding hydrogens is 334 g/mol. The summed E-state index contributed by atoms with van der Waals surface area (Å²) in [5, 5.41) is 10.6. The van der Waals surface area contributed by atoms with Gasteiger partial charge in [-0.25, -0.2) is 0 Å². The van der Waals surface area contributed by atoms with E-state index >= 15 is 0 Å². The number of thiophene rings is 1. The van der Waals surface area contributed by atoms with Gasteiger partial charge in [0.2, 0.25) is 0 Å². The lowest BCUT2D eigenvalue weighted by Gasteiger charge is -1.97. The zero-order valence-electron chi connectivity index (χ0n) is 13.3. The molecule has 0 spiro atoms. The van der Waals surface area contributed by atoms with Crippen LogP contribution in [0, 0.1) is 10.1 Å². The average molecular weight is 349 g/mol. The maximum atomic E-state index is 12.3. The maximum absolute atomic E-state index is 12.3. The standard InChI is InChI=1S/C20H15NO3S/c22-19(12-8-15-6-9-17(10-7-15)21(23)24)20-13-11-18(25-20)14-16-4-2-1-3-5-16/h1-13H,14H2/b12-8+. The molecule has 0 aliphatic heterocycles. The lowest BCUT2D eigenvalue weighted by atomic mass is 10.1. The third kappa shape index (κ3) is 4.49. The smallest absolute Gasteiger partial charge is 0.269 e. The van der Waals surface area contributed by atoms with Gasteiger partial charge in [0.25, 0.3) is 5.69 Å². The fourth-order valence-corrected chi connectivity index (χ4v) is 3.33. The van der Waals surface area contributed by atoms with Crippen molar-refractivity contribution in [2.24, 2.45) is 0 Å². The monoisotopic (exact) mass is 349 g/mol. The van der Waals surface area contributed by atoms with E-state index in [2.05, 4.69) is 12.1 Å². The minimum atomic E-state index is -0.446. The first-order valence-corrected chi connectivity index (χ1v) is 8.53. The van der Waals surface area contributed by atoms with Crippen LogP contribution in [-0.4, -0.2) is 10.7 Å². The summed E-state index contributed by atoms with van der Waals surface area (Å²) < 4.78 is 0. The molecule has 5 heteroatoms. The minimum absolute atomic E-state index is 0.0345. The van der Waals surface area contributed by atoms with Gasteiger partial charge >= 0.3 is 0 Å². The normalized spacial score (nSPS) is 10.9. The lowest BCUT2D eigenvalue weighted by molar-refractivity contribution is -0.384. The highest BCUT2D eigenvalue weighted by Gasteiger charge is 2.07. The Bertz CT molecular complexity index is 912. The Kier molecular flexibility index (Phi) is 5.16. The summed E-state index contributed by atoms with van der Waals surface area (Å²) in [4.78, 5) is 24.3. The van der Waals surface area contributed by atoms with Crippen molar-refractivity contribution >= 4 is 28.9 Å². The number of non-ortho nitro benzene ring substituents is 1. The number of rotatable bonds is 6. The van der Waals surface area contributed by atoms with Crippen LogP contribution in [0.15, 0.2) is 72.8 Å². The molecule has 1 heterocycles. The average Bonchev–Trinajstić information content (AvgIpc) is 3.09. The van der Waals surface area contributed by atoms with Crippen molar-refractivity contribution in [2.75, 3.05) is 0 Å². The predicted molar refractivity (Wildman–Crippen MR) is 100 cm³/mol. The summed E-state index contributed by atoms with van der Waals surface area (Å²) >= 11 is 1.49. The Hall–Kier alpha value is -3.05. The van der Waals surface area contributed by atoms with Crippen LogP contribution < -0.4 is 0 Å². The van der Waals surface area contributed by atoms with E-state index in [9.17, 15) is 14.9 Å². The van der Waals surface area contributed by atoms with Gasteiger partial charge in [0, 0.05) is 23.4 Å². The van der Waals surface area contributed by atoms with Crippen molar-refractivity contribution in [2.45, 2.75) is 6.42 Å². The summed E-state index contributed by atoms with van der Waals surface area (Å²) in [5.74, 6) is -0.0670. The van der Waals surface area contributed by atoms with E-state index in [1.807, 2.05) is 30.3 Å². The Morgan fingerprint density at radius 3 is 2.40 bits per heavy atom. The van der Waals surface area contributed by atoms with Crippen molar-refractivity contribution in [3.63, 3.8) is 0 Å². The molecule has 2 aromatic carbocycles. The predicted octanol–water partition coefficient (Wildman–Crippen LogP) is 5.14. The second kappa shape index (κ2) is 7.68. The van der Waals surface area contributed by atoms with E-state index in [4.69, 9.17) is 0 Å². The van der Waals surface area contributed by atoms with Crippen molar-refractivity contribution in [1.29, 1.82) is 0 Å². The molecule has 3 rings (SSSR count). The van der Waals surface area contributed by atoms with E-state index in [1.165, 1.54) is 35.1 Å². The van der Waals surface area contributed by atoms with Crippen LogP contribution in [0.25, 0.3) is 6.08 Å².